The van der Waals surface area contributed by atoms with Crippen LogP contribution in [0, 0.1) is 11.6 Å². The summed E-state index contributed by atoms with van der Waals surface area (Å²) in [5, 5.41) is 0. The van der Waals surface area contributed by atoms with Crippen molar-refractivity contribution in [3.8, 4) is 0 Å². The molecule has 0 bridgehead atoms. The lowest BCUT2D eigenvalue weighted by Gasteiger charge is -2.05. The molecule has 0 saturated carbocycles. The average molecular weight is 228 g/mol. The van der Waals surface area contributed by atoms with E-state index in [1.807, 2.05) is 0 Å². The van der Waals surface area contributed by atoms with Crippen molar-refractivity contribution >= 4 is 0 Å². The Labute approximate surface area is 95.4 Å². The molecule has 0 heterocycles. The van der Waals surface area contributed by atoms with Crippen molar-refractivity contribution in [2.75, 3.05) is 6.61 Å². The van der Waals surface area contributed by atoms with E-state index in [9.17, 15) is 8.78 Å². The molecule has 0 unspecified atom stereocenters. The van der Waals surface area contributed by atoms with Crippen molar-refractivity contribution in [1.82, 2.24) is 0 Å². The molecule has 0 spiro atoms. The Morgan fingerprint density at radius 3 is 2.62 bits per heavy atom. The van der Waals surface area contributed by atoms with E-state index < -0.39 is 11.6 Å². The zero-order chi connectivity index (χ0) is 11.8. The van der Waals surface area contributed by atoms with E-state index in [2.05, 4.69) is 6.92 Å². The van der Waals surface area contributed by atoms with Gasteiger partial charge in [0.25, 0.3) is 0 Å². The molecular weight excluding hydrogens is 210 g/mol. The van der Waals surface area contributed by atoms with Gasteiger partial charge in [-0.15, -0.1) is 0 Å². The van der Waals surface area contributed by atoms with E-state index >= 15 is 0 Å². The summed E-state index contributed by atoms with van der Waals surface area (Å²) in [6.45, 7) is 3.00. The number of hydrogen-bond acceptors (Lipinski definition) is 1. The third kappa shape index (κ3) is 4.71. The largest absolute Gasteiger partial charge is 0.377 e. The SMILES string of the molecule is CCCCCCOCc1ccc(F)cc1F. The van der Waals surface area contributed by atoms with Gasteiger partial charge in [-0.1, -0.05) is 32.3 Å². The molecule has 0 N–H and O–H groups in total. The van der Waals surface area contributed by atoms with Crippen LogP contribution in [-0.4, -0.2) is 6.61 Å². The second kappa shape index (κ2) is 7.34. The molecule has 0 saturated heterocycles. The summed E-state index contributed by atoms with van der Waals surface area (Å²) < 4.78 is 31.1. The molecule has 1 aromatic rings. The number of ether oxygens (including phenoxy) is 1. The highest BCUT2D eigenvalue weighted by Crippen LogP contribution is 2.11. The molecule has 0 fully saturated rings. The van der Waals surface area contributed by atoms with E-state index in [1.165, 1.54) is 25.0 Å². The Balaban J connectivity index is 2.21. The van der Waals surface area contributed by atoms with Crippen molar-refractivity contribution in [3.05, 3.63) is 35.4 Å². The Hall–Kier alpha value is -0.960. The van der Waals surface area contributed by atoms with Gasteiger partial charge in [-0.05, 0) is 12.5 Å². The van der Waals surface area contributed by atoms with Crippen LogP contribution in [-0.2, 0) is 11.3 Å². The first-order chi connectivity index (χ1) is 7.74. The molecule has 90 valence electrons. The summed E-state index contributed by atoms with van der Waals surface area (Å²) >= 11 is 0. The lowest BCUT2D eigenvalue weighted by molar-refractivity contribution is 0.114. The molecule has 1 aromatic carbocycles. The third-order valence-electron chi connectivity index (χ3n) is 2.41. The fraction of sp³-hybridized carbons (Fsp3) is 0.538. The Kier molecular flexibility index (Phi) is 6.01. The number of benzene rings is 1. The minimum Gasteiger partial charge on any atom is -0.377 e. The summed E-state index contributed by atoms with van der Waals surface area (Å²) in [7, 11) is 0. The topological polar surface area (TPSA) is 9.23 Å². The van der Waals surface area contributed by atoms with Gasteiger partial charge in [-0.2, -0.15) is 0 Å². The predicted octanol–water partition coefficient (Wildman–Crippen LogP) is 4.06. The van der Waals surface area contributed by atoms with Gasteiger partial charge in [0.2, 0.25) is 0 Å². The fourth-order valence-electron chi connectivity index (χ4n) is 1.45. The summed E-state index contributed by atoms with van der Waals surface area (Å²) in [6.07, 6.45) is 4.53. The smallest absolute Gasteiger partial charge is 0.131 e. The van der Waals surface area contributed by atoms with Crippen LogP contribution < -0.4 is 0 Å². The van der Waals surface area contributed by atoms with Gasteiger partial charge in [0.15, 0.2) is 0 Å². The van der Waals surface area contributed by atoms with Gasteiger partial charge in [-0.25, -0.2) is 8.78 Å². The predicted molar refractivity (Wildman–Crippen MR) is 60.2 cm³/mol. The molecule has 0 aliphatic rings. The molecule has 1 nitrogen and oxygen atoms in total. The first kappa shape index (κ1) is 13.1. The Morgan fingerprint density at radius 1 is 1.12 bits per heavy atom. The maximum absolute atomic E-state index is 13.2. The van der Waals surface area contributed by atoms with Crippen LogP contribution in [0.1, 0.15) is 38.2 Å². The highest BCUT2D eigenvalue weighted by molar-refractivity contribution is 5.17. The number of halogens is 2. The van der Waals surface area contributed by atoms with Crippen molar-refractivity contribution in [3.63, 3.8) is 0 Å². The van der Waals surface area contributed by atoms with Crippen LogP contribution in [0.15, 0.2) is 18.2 Å². The zero-order valence-corrected chi connectivity index (χ0v) is 9.64. The summed E-state index contributed by atoms with van der Waals surface area (Å²) in [5.74, 6) is -1.09. The minimum atomic E-state index is -0.552. The van der Waals surface area contributed by atoms with Crippen LogP contribution in [0.3, 0.4) is 0 Å². The van der Waals surface area contributed by atoms with Crippen molar-refractivity contribution in [2.24, 2.45) is 0 Å². The Morgan fingerprint density at radius 2 is 1.94 bits per heavy atom. The third-order valence-corrected chi connectivity index (χ3v) is 2.41. The standard InChI is InChI=1S/C13H18F2O/c1-2-3-4-5-8-16-10-11-6-7-12(14)9-13(11)15/h6-7,9H,2-5,8,10H2,1H3. The van der Waals surface area contributed by atoms with Crippen LogP contribution in [0.2, 0.25) is 0 Å². The van der Waals surface area contributed by atoms with Gasteiger partial charge in [0, 0.05) is 18.2 Å². The first-order valence-electron chi connectivity index (χ1n) is 5.75. The van der Waals surface area contributed by atoms with Crippen LogP contribution in [0.25, 0.3) is 0 Å². The minimum absolute atomic E-state index is 0.220. The molecule has 0 radical (unpaired) electrons. The molecule has 0 atom stereocenters. The molecule has 0 aliphatic carbocycles. The van der Waals surface area contributed by atoms with E-state index in [0.29, 0.717) is 12.2 Å². The number of rotatable bonds is 7. The van der Waals surface area contributed by atoms with Gasteiger partial charge in [0.05, 0.1) is 6.61 Å². The van der Waals surface area contributed by atoms with E-state index in [1.54, 1.807) is 0 Å². The van der Waals surface area contributed by atoms with Gasteiger partial charge in [0.1, 0.15) is 11.6 Å². The Bertz CT molecular complexity index is 313. The maximum atomic E-state index is 13.2. The normalized spacial score (nSPS) is 10.7. The number of unbranched alkanes of at least 4 members (excludes halogenated alkanes) is 3. The van der Waals surface area contributed by atoms with Crippen molar-refractivity contribution < 1.29 is 13.5 Å². The van der Waals surface area contributed by atoms with Crippen LogP contribution in [0.4, 0.5) is 8.78 Å². The molecule has 16 heavy (non-hydrogen) atoms. The molecule has 0 amide bonds. The van der Waals surface area contributed by atoms with Gasteiger partial charge < -0.3 is 4.74 Å². The first-order valence-corrected chi connectivity index (χ1v) is 5.75. The van der Waals surface area contributed by atoms with Gasteiger partial charge >= 0.3 is 0 Å². The molecule has 0 aromatic heterocycles. The summed E-state index contributed by atoms with van der Waals surface area (Å²) in [6, 6.07) is 3.56. The van der Waals surface area contributed by atoms with Crippen molar-refractivity contribution in [1.29, 1.82) is 0 Å². The van der Waals surface area contributed by atoms with E-state index in [-0.39, 0.29) is 6.61 Å². The van der Waals surface area contributed by atoms with Crippen molar-refractivity contribution in [2.45, 2.75) is 39.2 Å². The number of hydrogen-bond donors (Lipinski definition) is 0. The average Bonchev–Trinajstić information content (AvgIpc) is 2.26. The molecule has 3 heteroatoms. The fourth-order valence-corrected chi connectivity index (χ4v) is 1.45. The second-order valence-electron chi connectivity index (χ2n) is 3.85. The lowest BCUT2D eigenvalue weighted by atomic mass is 10.2. The monoisotopic (exact) mass is 228 g/mol. The molecular formula is C13H18F2O. The quantitative estimate of drug-likeness (QED) is 0.639. The summed E-state index contributed by atoms with van der Waals surface area (Å²) in [5.41, 5.74) is 0.414. The highest BCUT2D eigenvalue weighted by atomic mass is 19.1. The highest BCUT2D eigenvalue weighted by Gasteiger charge is 2.03. The summed E-state index contributed by atoms with van der Waals surface area (Å²) in [4.78, 5) is 0. The van der Waals surface area contributed by atoms with Crippen LogP contribution >= 0.6 is 0 Å². The van der Waals surface area contributed by atoms with Crippen LogP contribution in [0.5, 0.6) is 0 Å². The molecule has 0 aliphatic heterocycles. The zero-order valence-electron chi connectivity index (χ0n) is 9.64. The lowest BCUT2D eigenvalue weighted by Crippen LogP contribution is -1.98. The second-order valence-corrected chi connectivity index (χ2v) is 3.85. The molecule has 1 rings (SSSR count). The van der Waals surface area contributed by atoms with E-state index in [0.717, 1.165) is 18.9 Å². The maximum Gasteiger partial charge on any atom is 0.131 e. The van der Waals surface area contributed by atoms with E-state index in [4.69, 9.17) is 4.74 Å². The van der Waals surface area contributed by atoms with Gasteiger partial charge in [-0.3, -0.25) is 0 Å².